The van der Waals surface area contributed by atoms with Crippen molar-refractivity contribution in [2.24, 2.45) is 11.8 Å². The van der Waals surface area contributed by atoms with E-state index in [1.807, 2.05) is 13.8 Å². The summed E-state index contributed by atoms with van der Waals surface area (Å²) in [7, 11) is 0. The second-order valence-electron chi connectivity index (χ2n) is 5.87. The molecule has 1 fully saturated rings. The minimum atomic E-state index is -1.34. The van der Waals surface area contributed by atoms with E-state index in [-0.39, 0.29) is 0 Å². The zero-order valence-electron chi connectivity index (χ0n) is 14.7. The quantitative estimate of drug-likeness (QED) is 0.520. The number of rotatable bonds is 2. The smallest absolute Gasteiger partial charge is 0.194 e. The molecule has 0 bridgehead atoms. The lowest BCUT2D eigenvalue weighted by atomic mass is 9.80. The maximum Gasteiger partial charge on any atom is 0.194 e. The molecule has 1 aliphatic rings. The lowest BCUT2D eigenvalue weighted by molar-refractivity contribution is 0.286. The Labute approximate surface area is 134 Å². The van der Waals surface area contributed by atoms with Crippen LogP contribution in [-0.4, -0.2) is 0 Å². The SMILES string of the molecule is CC.CC1CCC(Cc2ccc(F)c(F)c2F)CC1.CCC. The summed E-state index contributed by atoms with van der Waals surface area (Å²) in [6.07, 6.45) is 6.18. The number of halogens is 3. The molecule has 0 heterocycles. The predicted molar refractivity (Wildman–Crippen MR) is 88.5 cm³/mol. The Kier molecular flexibility index (Phi) is 11.0. The van der Waals surface area contributed by atoms with Crippen LogP contribution in [0.4, 0.5) is 13.2 Å². The van der Waals surface area contributed by atoms with E-state index in [2.05, 4.69) is 20.8 Å². The molecule has 0 aromatic heterocycles. The number of benzene rings is 1. The van der Waals surface area contributed by atoms with E-state index in [1.54, 1.807) is 0 Å². The Morgan fingerprint density at radius 3 is 1.91 bits per heavy atom. The molecule has 22 heavy (non-hydrogen) atoms. The molecule has 0 amide bonds. The summed E-state index contributed by atoms with van der Waals surface area (Å²) in [5.41, 5.74) is 0.309. The van der Waals surface area contributed by atoms with Gasteiger partial charge in [0.2, 0.25) is 0 Å². The summed E-state index contributed by atoms with van der Waals surface area (Å²) in [6, 6.07) is 2.38. The Morgan fingerprint density at radius 2 is 1.41 bits per heavy atom. The topological polar surface area (TPSA) is 0 Å². The highest BCUT2D eigenvalue weighted by atomic mass is 19.2. The number of hydrogen-bond acceptors (Lipinski definition) is 0. The lowest BCUT2D eigenvalue weighted by Gasteiger charge is -2.26. The van der Waals surface area contributed by atoms with Gasteiger partial charge in [-0.3, -0.25) is 0 Å². The van der Waals surface area contributed by atoms with Crippen LogP contribution in [0.15, 0.2) is 12.1 Å². The van der Waals surface area contributed by atoms with E-state index in [9.17, 15) is 13.2 Å². The predicted octanol–water partition coefficient (Wildman–Crippen LogP) is 6.92. The second kappa shape index (κ2) is 11.6. The molecule has 0 saturated heterocycles. The Bertz CT molecular complexity index is 407. The first-order chi connectivity index (χ1) is 10.5. The average molecular weight is 316 g/mol. The van der Waals surface area contributed by atoms with E-state index in [4.69, 9.17) is 0 Å². The fourth-order valence-corrected chi connectivity index (χ4v) is 2.57. The van der Waals surface area contributed by atoms with Gasteiger partial charge in [0.15, 0.2) is 17.5 Å². The van der Waals surface area contributed by atoms with Crippen molar-refractivity contribution in [2.45, 2.75) is 73.1 Å². The molecule has 0 radical (unpaired) electrons. The lowest BCUT2D eigenvalue weighted by Crippen LogP contribution is -2.15. The Balaban J connectivity index is 0.000000789. The van der Waals surface area contributed by atoms with Crippen LogP contribution in [0.25, 0.3) is 0 Å². The van der Waals surface area contributed by atoms with Crippen molar-refractivity contribution < 1.29 is 13.2 Å². The Hall–Kier alpha value is -0.990. The van der Waals surface area contributed by atoms with Crippen molar-refractivity contribution in [3.8, 4) is 0 Å². The average Bonchev–Trinajstić information content (AvgIpc) is 2.53. The first-order valence-corrected chi connectivity index (χ1v) is 8.61. The van der Waals surface area contributed by atoms with Gasteiger partial charge in [-0.15, -0.1) is 0 Å². The zero-order valence-corrected chi connectivity index (χ0v) is 14.7. The molecule has 1 aliphatic carbocycles. The van der Waals surface area contributed by atoms with Crippen molar-refractivity contribution in [1.82, 2.24) is 0 Å². The van der Waals surface area contributed by atoms with Gasteiger partial charge in [0.05, 0.1) is 0 Å². The first kappa shape index (κ1) is 21.0. The third-order valence-electron chi connectivity index (χ3n) is 3.76. The molecule has 0 unspecified atom stereocenters. The molecule has 1 aromatic carbocycles. The van der Waals surface area contributed by atoms with Crippen molar-refractivity contribution in [1.29, 1.82) is 0 Å². The van der Waals surface area contributed by atoms with Gasteiger partial charge in [0.25, 0.3) is 0 Å². The molecule has 2 rings (SSSR count). The molecular weight excluding hydrogens is 285 g/mol. The van der Waals surface area contributed by atoms with Gasteiger partial charge in [-0.25, -0.2) is 13.2 Å². The zero-order chi connectivity index (χ0) is 17.1. The third-order valence-corrected chi connectivity index (χ3v) is 3.76. The van der Waals surface area contributed by atoms with Gasteiger partial charge >= 0.3 is 0 Å². The normalized spacial score (nSPS) is 20.4. The molecule has 1 aromatic rings. The largest absolute Gasteiger partial charge is 0.204 e. The molecule has 128 valence electrons. The molecule has 0 atom stereocenters. The first-order valence-electron chi connectivity index (χ1n) is 8.61. The van der Waals surface area contributed by atoms with Crippen LogP contribution in [-0.2, 0) is 6.42 Å². The summed E-state index contributed by atoms with van der Waals surface area (Å²) < 4.78 is 39.3. The third kappa shape index (κ3) is 6.85. The minimum absolute atomic E-state index is 0.309. The minimum Gasteiger partial charge on any atom is -0.204 e. The van der Waals surface area contributed by atoms with Crippen LogP contribution >= 0.6 is 0 Å². The molecule has 0 aliphatic heterocycles. The van der Waals surface area contributed by atoms with E-state index in [1.165, 1.54) is 12.5 Å². The summed E-state index contributed by atoms with van der Waals surface area (Å²) in [5.74, 6) is -2.31. The monoisotopic (exact) mass is 316 g/mol. The number of hydrogen-bond donors (Lipinski definition) is 0. The fourth-order valence-electron chi connectivity index (χ4n) is 2.57. The van der Waals surface area contributed by atoms with E-state index >= 15 is 0 Å². The van der Waals surface area contributed by atoms with Crippen molar-refractivity contribution in [2.75, 3.05) is 0 Å². The highest BCUT2D eigenvalue weighted by molar-refractivity contribution is 5.20. The summed E-state index contributed by atoms with van der Waals surface area (Å²) in [6.45, 7) is 10.5. The van der Waals surface area contributed by atoms with Crippen molar-refractivity contribution in [3.63, 3.8) is 0 Å². The molecule has 0 N–H and O–H groups in total. The van der Waals surface area contributed by atoms with Crippen molar-refractivity contribution in [3.05, 3.63) is 35.1 Å². The standard InChI is InChI=1S/C14H17F3.C3H8.C2H6/c1-9-2-4-10(5-3-9)8-11-6-7-12(15)14(17)13(11)16;1-3-2;1-2/h6-7,9-10H,2-5,8H2,1H3;3H2,1-2H3;1-2H3. The van der Waals surface area contributed by atoms with Crippen LogP contribution in [0.5, 0.6) is 0 Å². The van der Waals surface area contributed by atoms with Gasteiger partial charge in [-0.1, -0.05) is 59.9 Å². The van der Waals surface area contributed by atoms with Crippen molar-refractivity contribution >= 4 is 0 Å². The molecule has 3 heteroatoms. The maximum absolute atomic E-state index is 13.5. The van der Waals surface area contributed by atoms with Gasteiger partial charge in [0, 0.05) is 0 Å². The molecule has 0 spiro atoms. The fraction of sp³-hybridized carbons (Fsp3) is 0.684. The van der Waals surface area contributed by atoms with Gasteiger partial charge in [0.1, 0.15) is 0 Å². The summed E-state index contributed by atoms with van der Waals surface area (Å²) in [5, 5.41) is 0. The van der Waals surface area contributed by atoms with Crippen LogP contribution in [0.1, 0.15) is 72.3 Å². The van der Waals surface area contributed by atoms with E-state index in [0.717, 1.165) is 37.7 Å². The Morgan fingerprint density at radius 1 is 0.909 bits per heavy atom. The van der Waals surface area contributed by atoms with Gasteiger partial charge in [-0.2, -0.15) is 0 Å². The second-order valence-corrected chi connectivity index (χ2v) is 5.87. The van der Waals surface area contributed by atoms with Gasteiger partial charge < -0.3 is 0 Å². The highest BCUT2D eigenvalue weighted by Crippen LogP contribution is 2.31. The van der Waals surface area contributed by atoms with Crippen LogP contribution < -0.4 is 0 Å². The van der Waals surface area contributed by atoms with E-state index < -0.39 is 17.5 Å². The van der Waals surface area contributed by atoms with Crippen LogP contribution in [0.3, 0.4) is 0 Å². The molecule has 1 saturated carbocycles. The molecule has 0 nitrogen and oxygen atoms in total. The van der Waals surface area contributed by atoms with Crippen LogP contribution in [0.2, 0.25) is 0 Å². The molecular formula is C19H31F3. The highest BCUT2D eigenvalue weighted by Gasteiger charge is 2.21. The summed E-state index contributed by atoms with van der Waals surface area (Å²) >= 11 is 0. The summed E-state index contributed by atoms with van der Waals surface area (Å²) in [4.78, 5) is 0. The van der Waals surface area contributed by atoms with Gasteiger partial charge in [-0.05, 0) is 42.7 Å². The van der Waals surface area contributed by atoms with E-state index in [0.29, 0.717) is 17.9 Å². The van der Waals surface area contributed by atoms with Crippen LogP contribution in [0, 0.1) is 29.3 Å². The maximum atomic E-state index is 13.5.